The van der Waals surface area contributed by atoms with Crippen LogP contribution < -0.4 is 15.2 Å². The molecule has 2 aromatic rings. The highest BCUT2D eigenvalue weighted by molar-refractivity contribution is 5.85. The van der Waals surface area contributed by atoms with Crippen LogP contribution in [0.1, 0.15) is 5.56 Å². The smallest absolute Gasteiger partial charge is 0.122 e. The number of ether oxygens (including phenoxy) is 2. The summed E-state index contributed by atoms with van der Waals surface area (Å²) in [5.41, 5.74) is 8.88. The molecule has 2 N–H and O–H groups in total. The van der Waals surface area contributed by atoms with Crippen molar-refractivity contribution in [2.45, 2.75) is 6.92 Å². The van der Waals surface area contributed by atoms with Crippen molar-refractivity contribution in [3.8, 4) is 22.6 Å². The fourth-order valence-electron chi connectivity index (χ4n) is 1.94. The third kappa shape index (κ3) is 3.89. The number of aryl methyl sites for hydroxylation is 1. The number of rotatable bonds is 5. The molecule has 2 rings (SSSR count). The lowest BCUT2D eigenvalue weighted by atomic mass is 10.0. The second kappa shape index (κ2) is 7.78. The number of benzene rings is 2. The molecule has 0 unspecified atom stereocenters. The second-order valence-electron chi connectivity index (χ2n) is 4.35. The largest absolute Gasteiger partial charge is 0.497 e. The van der Waals surface area contributed by atoms with Crippen molar-refractivity contribution < 1.29 is 9.47 Å². The summed E-state index contributed by atoms with van der Waals surface area (Å²) in [6.07, 6.45) is 0. The molecular formula is C16H20ClNO2. The van der Waals surface area contributed by atoms with Gasteiger partial charge in [-0.15, -0.1) is 12.4 Å². The highest BCUT2D eigenvalue weighted by Crippen LogP contribution is 2.27. The summed E-state index contributed by atoms with van der Waals surface area (Å²) in [5, 5.41) is 0. The predicted molar refractivity (Wildman–Crippen MR) is 85.0 cm³/mol. The molecule has 0 saturated heterocycles. The van der Waals surface area contributed by atoms with E-state index in [0.717, 1.165) is 22.6 Å². The Bertz CT molecular complexity index is 541. The van der Waals surface area contributed by atoms with Gasteiger partial charge in [0.1, 0.15) is 18.1 Å². The van der Waals surface area contributed by atoms with Crippen LogP contribution in [0, 0.1) is 6.92 Å². The van der Waals surface area contributed by atoms with Gasteiger partial charge in [0, 0.05) is 6.54 Å². The topological polar surface area (TPSA) is 44.5 Å². The van der Waals surface area contributed by atoms with E-state index in [9.17, 15) is 0 Å². The molecule has 0 radical (unpaired) electrons. The molecule has 3 nitrogen and oxygen atoms in total. The van der Waals surface area contributed by atoms with Gasteiger partial charge in [-0.2, -0.15) is 0 Å². The molecule has 0 aliphatic heterocycles. The molecular weight excluding hydrogens is 274 g/mol. The Balaban J connectivity index is 0.00000200. The van der Waals surface area contributed by atoms with Gasteiger partial charge < -0.3 is 15.2 Å². The molecule has 0 spiro atoms. The minimum atomic E-state index is 0. The summed E-state index contributed by atoms with van der Waals surface area (Å²) in [7, 11) is 1.67. The first-order chi connectivity index (χ1) is 9.24. The molecule has 0 atom stereocenters. The summed E-state index contributed by atoms with van der Waals surface area (Å²) >= 11 is 0. The number of methoxy groups -OCH3 is 1. The van der Waals surface area contributed by atoms with Crippen LogP contribution in [0.3, 0.4) is 0 Å². The van der Waals surface area contributed by atoms with Crippen LogP contribution >= 0.6 is 12.4 Å². The van der Waals surface area contributed by atoms with E-state index in [4.69, 9.17) is 15.2 Å². The first kappa shape index (κ1) is 16.3. The number of nitrogens with two attached hydrogens (primary N) is 1. The average Bonchev–Trinajstić information content (AvgIpc) is 2.46. The van der Waals surface area contributed by atoms with Crippen molar-refractivity contribution in [3.63, 3.8) is 0 Å². The van der Waals surface area contributed by atoms with E-state index in [0.29, 0.717) is 13.2 Å². The zero-order valence-electron chi connectivity index (χ0n) is 11.8. The molecule has 4 heteroatoms. The van der Waals surface area contributed by atoms with Crippen molar-refractivity contribution in [2.75, 3.05) is 20.3 Å². The Morgan fingerprint density at radius 2 is 1.65 bits per heavy atom. The van der Waals surface area contributed by atoms with E-state index >= 15 is 0 Å². The predicted octanol–water partition coefficient (Wildman–Crippen LogP) is 3.43. The van der Waals surface area contributed by atoms with Gasteiger partial charge in [0.15, 0.2) is 0 Å². The van der Waals surface area contributed by atoms with Gasteiger partial charge in [-0.25, -0.2) is 0 Å². The Labute approximate surface area is 126 Å². The minimum Gasteiger partial charge on any atom is -0.497 e. The summed E-state index contributed by atoms with van der Waals surface area (Å²) in [6, 6.07) is 14.2. The van der Waals surface area contributed by atoms with Gasteiger partial charge in [-0.05, 0) is 47.9 Å². The molecule has 0 heterocycles. The lowest BCUT2D eigenvalue weighted by molar-refractivity contribution is 0.326. The van der Waals surface area contributed by atoms with E-state index < -0.39 is 0 Å². The molecule has 0 fully saturated rings. The zero-order valence-corrected chi connectivity index (χ0v) is 12.6. The maximum absolute atomic E-state index is 5.57. The molecule has 0 bridgehead atoms. The first-order valence-electron chi connectivity index (χ1n) is 6.32. The third-order valence-electron chi connectivity index (χ3n) is 2.97. The maximum Gasteiger partial charge on any atom is 0.122 e. The van der Waals surface area contributed by atoms with Crippen LogP contribution in [0.25, 0.3) is 11.1 Å². The molecule has 0 aromatic heterocycles. The van der Waals surface area contributed by atoms with E-state index in [1.54, 1.807) is 7.11 Å². The SMILES string of the molecule is COc1ccc(-c2ccc(OCCN)c(C)c2)cc1.Cl. The quantitative estimate of drug-likeness (QED) is 0.918. The number of halogens is 1. The molecule has 2 aromatic carbocycles. The van der Waals surface area contributed by atoms with Crippen LogP contribution in [-0.2, 0) is 0 Å². The zero-order chi connectivity index (χ0) is 13.7. The van der Waals surface area contributed by atoms with Gasteiger partial charge in [0.05, 0.1) is 7.11 Å². The van der Waals surface area contributed by atoms with Gasteiger partial charge in [0.25, 0.3) is 0 Å². The molecule has 0 aliphatic rings. The van der Waals surface area contributed by atoms with E-state index in [2.05, 4.69) is 12.1 Å². The third-order valence-corrected chi connectivity index (χ3v) is 2.97. The molecule has 20 heavy (non-hydrogen) atoms. The van der Waals surface area contributed by atoms with E-state index in [-0.39, 0.29) is 12.4 Å². The highest BCUT2D eigenvalue weighted by Gasteiger charge is 2.03. The summed E-state index contributed by atoms with van der Waals surface area (Å²) < 4.78 is 10.7. The molecule has 0 aliphatic carbocycles. The van der Waals surface area contributed by atoms with Crippen LogP contribution in [-0.4, -0.2) is 20.3 Å². The summed E-state index contributed by atoms with van der Waals surface area (Å²) in [4.78, 5) is 0. The lowest BCUT2D eigenvalue weighted by Crippen LogP contribution is -2.11. The lowest BCUT2D eigenvalue weighted by Gasteiger charge is -2.10. The normalized spacial score (nSPS) is 9.75. The van der Waals surface area contributed by atoms with Gasteiger partial charge >= 0.3 is 0 Å². The van der Waals surface area contributed by atoms with E-state index in [1.807, 2.05) is 37.3 Å². The Morgan fingerprint density at radius 3 is 2.20 bits per heavy atom. The van der Waals surface area contributed by atoms with Gasteiger partial charge in [0.2, 0.25) is 0 Å². The second-order valence-corrected chi connectivity index (χ2v) is 4.35. The van der Waals surface area contributed by atoms with Crippen LogP contribution in [0.2, 0.25) is 0 Å². The summed E-state index contributed by atoms with van der Waals surface area (Å²) in [6.45, 7) is 3.11. The first-order valence-corrected chi connectivity index (χ1v) is 6.32. The standard InChI is InChI=1S/C16H19NO2.ClH/c1-12-11-14(5-8-16(12)19-10-9-17)13-3-6-15(18-2)7-4-13;/h3-8,11H,9-10,17H2,1-2H3;1H. The van der Waals surface area contributed by atoms with Crippen molar-refractivity contribution in [1.29, 1.82) is 0 Å². The van der Waals surface area contributed by atoms with Crippen molar-refractivity contribution in [3.05, 3.63) is 48.0 Å². The fraction of sp³-hybridized carbons (Fsp3) is 0.250. The number of hydrogen-bond donors (Lipinski definition) is 1. The van der Waals surface area contributed by atoms with Crippen LogP contribution in [0.5, 0.6) is 11.5 Å². The minimum absolute atomic E-state index is 0. The van der Waals surface area contributed by atoms with Crippen molar-refractivity contribution in [1.82, 2.24) is 0 Å². The average molecular weight is 294 g/mol. The molecule has 0 saturated carbocycles. The Kier molecular flexibility index (Phi) is 6.36. The molecule has 0 amide bonds. The van der Waals surface area contributed by atoms with Gasteiger partial charge in [-0.3, -0.25) is 0 Å². The Hall–Kier alpha value is -1.71. The van der Waals surface area contributed by atoms with Gasteiger partial charge in [-0.1, -0.05) is 18.2 Å². The Morgan fingerprint density at radius 1 is 1.00 bits per heavy atom. The maximum atomic E-state index is 5.57. The summed E-state index contributed by atoms with van der Waals surface area (Å²) in [5.74, 6) is 1.76. The fourth-order valence-corrected chi connectivity index (χ4v) is 1.94. The number of hydrogen-bond acceptors (Lipinski definition) is 3. The molecule has 108 valence electrons. The van der Waals surface area contributed by atoms with Crippen molar-refractivity contribution in [2.24, 2.45) is 5.73 Å². The van der Waals surface area contributed by atoms with Crippen molar-refractivity contribution >= 4 is 12.4 Å². The van der Waals surface area contributed by atoms with Crippen LogP contribution in [0.4, 0.5) is 0 Å². The van der Waals surface area contributed by atoms with Crippen LogP contribution in [0.15, 0.2) is 42.5 Å². The monoisotopic (exact) mass is 293 g/mol. The van der Waals surface area contributed by atoms with E-state index in [1.165, 1.54) is 5.56 Å². The highest BCUT2D eigenvalue weighted by atomic mass is 35.5.